The first-order chi connectivity index (χ1) is 9.12. The van der Waals surface area contributed by atoms with E-state index in [0.29, 0.717) is 5.54 Å². The summed E-state index contributed by atoms with van der Waals surface area (Å²) < 4.78 is 0. The van der Waals surface area contributed by atoms with Gasteiger partial charge in [0.15, 0.2) is 0 Å². The number of hydrogen-bond acceptors (Lipinski definition) is 3. The van der Waals surface area contributed by atoms with E-state index >= 15 is 0 Å². The van der Waals surface area contributed by atoms with Crippen molar-refractivity contribution in [3.63, 3.8) is 0 Å². The number of rotatable bonds is 7. The molecule has 1 heterocycles. The molecule has 1 atom stereocenters. The summed E-state index contributed by atoms with van der Waals surface area (Å²) in [6.45, 7) is 3.75. The van der Waals surface area contributed by atoms with Gasteiger partial charge in [0.05, 0.1) is 0 Å². The first-order valence-corrected chi connectivity index (χ1v) is 8.22. The van der Waals surface area contributed by atoms with Crippen LogP contribution in [0.4, 0.5) is 0 Å². The van der Waals surface area contributed by atoms with Gasteiger partial charge in [-0.15, -0.1) is 0 Å². The van der Waals surface area contributed by atoms with E-state index < -0.39 is 0 Å². The molecule has 3 heteroatoms. The Balaban J connectivity index is 1.62. The largest absolute Gasteiger partial charge is 0.314 e. The first kappa shape index (κ1) is 15.3. The maximum atomic E-state index is 3.65. The Hall–Kier alpha value is -0.120. The Labute approximate surface area is 119 Å². The molecule has 2 aliphatic rings. The highest BCUT2D eigenvalue weighted by Gasteiger charge is 2.39. The zero-order chi connectivity index (χ0) is 13.7. The van der Waals surface area contributed by atoms with Crippen LogP contribution >= 0.6 is 0 Å². The second-order valence-corrected chi connectivity index (χ2v) is 7.00. The minimum atomic E-state index is 0.484. The highest BCUT2D eigenvalue weighted by Crippen LogP contribution is 2.36. The Kier molecular flexibility index (Phi) is 5.67. The van der Waals surface area contributed by atoms with Crippen LogP contribution in [0.2, 0.25) is 0 Å². The smallest absolute Gasteiger partial charge is 0.0330 e. The van der Waals surface area contributed by atoms with Crippen LogP contribution < -0.4 is 5.32 Å². The van der Waals surface area contributed by atoms with E-state index in [0.717, 1.165) is 6.04 Å². The molecule has 0 aromatic rings. The molecule has 1 aliphatic carbocycles. The van der Waals surface area contributed by atoms with Crippen molar-refractivity contribution in [2.24, 2.45) is 0 Å². The van der Waals surface area contributed by atoms with Gasteiger partial charge in [0.1, 0.15) is 0 Å². The van der Waals surface area contributed by atoms with Crippen LogP contribution in [-0.2, 0) is 0 Å². The third kappa shape index (κ3) is 4.17. The van der Waals surface area contributed by atoms with Gasteiger partial charge >= 0.3 is 0 Å². The quantitative estimate of drug-likeness (QED) is 0.764. The molecule has 1 saturated carbocycles. The highest BCUT2D eigenvalue weighted by atomic mass is 15.2. The van der Waals surface area contributed by atoms with Gasteiger partial charge in [-0.2, -0.15) is 0 Å². The third-order valence-electron chi connectivity index (χ3n) is 5.30. The Morgan fingerprint density at radius 3 is 2.42 bits per heavy atom. The summed E-state index contributed by atoms with van der Waals surface area (Å²) in [5.41, 5.74) is 0.484. The second kappa shape index (κ2) is 7.05. The lowest BCUT2D eigenvalue weighted by atomic mass is 9.75. The number of nitrogens with zero attached hydrogens (tertiary/aromatic N) is 2. The zero-order valence-corrected chi connectivity index (χ0v) is 13.2. The van der Waals surface area contributed by atoms with Gasteiger partial charge in [0.25, 0.3) is 0 Å². The van der Waals surface area contributed by atoms with Crippen molar-refractivity contribution in [2.45, 2.75) is 62.9 Å². The molecule has 1 aliphatic heterocycles. The molecule has 0 aromatic heterocycles. The van der Waals surface area contributed by atoms with Crippen LogP contribution in [0, 0.1) is 0 Å². The number of nitrogens with one attached hydrogen (secondary N) is 1. The van der Waals surface area contributed by atoms with Crippen LogP contribution in [0.5, 0.6) is 0 Å². The molecule has 1 saturated heterocycles. The van der Waals surface area contributed by atoms with Gasteiger partial charge in [-0.05, 0) is 79.2 Å². The summed E-state index contributed by atoms with van der Waals surface area (Å²) in [4.78, 5) is 5.01. The lowest BCUT2D eigenvalue weighted by Gasteiger charge is -2.49. The van der Waals surface area contributed by atoms with Gasteiger partial charge < -0.3 is 15.1 Å². The molecule has 0 amide bonds. The maximum Gasteiger partial charge on any atom is 0.0330 e. The van der Waals surface area contributed by atoms with Crippen LogP contribution in [0.3, 0.4) is 0 Å². The van der Waals surface area contributed by atoms with Crippen LogP contribution in [-0.4, -0.2) is 62.2 Å². The fraction of sp³-hybridized carbons (Fsp3) is 1.00. The molecule has 3 nitrogen and oxygen atoms in total. The molecule has 1 unspecified atom stereocenters. The standard InChI is InChI=1S/C16H33N3/c1-18(2)16(10-7-11-16)14-19(3)13-6-9-15-8-4-5-12-17-15/h15,17H,4-14H2,1-3H3. The van der Waals surface area contributed by atoms with Crippen molar-refractivity contribution < 1.29 is 0 Å². The highest BCUT2D eigenvalue weighted by molar-refractivity contribution is 4.97. The predicted molar refractivity (Wildman–Crippen MR) is 82.6 cm³/mol. The molecule has 2 fully saturated rings. The van der Waals surface area contributed by atoms with E-state index in [4.69, 9.17) is 0 Å². The Bertz CT molecular complexity index is 255. The van der Waals surface area contributed by atoms with Crippen molar-refractivity contribution in [3.8, 4) is 0 Å². The topological polar surface area (TPSA) is 18.5 Å². The van der Waals surface area contributed by atoms with E-state index in [1.54, 1.807) is 0 Å². The van der Waals surface area contributed by atoms with Gasteiger partial charge in [0.2, 0.25) is 0 Å². The average Bonchev–Trinajstić information content (AvgIpc) is 2.34. The average molecular weight is 267 g/mol. The summed E-state index contributed by atoms with van der Waals surface area (Å²) in [7, 11) is 6.80. The van der Waals surface area contributed by atoms with Crippen LogP contribution in [0.25, 0.3) is 0 Å². The Morgan fingerprint density at radius 2 is 1.89 bits per heavy atom. The van der Waals surface area contributed by atoms with Crippen LogP contribution in [0.1, 0.15) is 51.4 Å². The summed E-state index contributed by atoms with van der Waals surface area (Å²) in [5.74, 6) is 0. The zero-order valence-electron chi connectivity index (χ0n) is 13.2. The summed E-state index contributed by atoms with van der Waals surface area (Å²) >= 11 is 0. The third-order valence-corrected chi connectivity index (χ3v) is 5.30. The number of piperidine rings is 1. The minimum absolute atomic E-state index is 0.484. The van der Waals surface area contributed by atoms with Crippen molar-refractivity contribution in [1.29, 1.82) is 0 Å². The summed E-state index contributed by atoms with van der Waals surface area (Å²) in [6.07, 6.45) is 11.1. The fourth-order valence-corrected chi connectivity index (χ4v) is 3.69. The summed E-state index contributed by atoms with van der Waals surface area (Å²) in [6, 6.07) is 0.800. The summed E-state index contributed by atoms with van der Waals surface area (Å²) in [5, 5.41) is 3.65. The molecule has 0 radical (unpaired) electrons. The molecular weight excluding hydrogens is 234 g/mol. The van der Waals surface area contributed by atoms with Crippen molar-refractivity contribution >= 4 is 0 Å². The normalized spacial score (nSPS) is 26.7. The minimum Gasteiger partial charge on any atom is -0.314 e. The van der Waals surface area contributed by atoms with E-state index in [2.05, 4.69) is 36.3 Å². The van der Waals surface area contributed by atoms with E-state index in [-0.39, 0.29) is 0 Å². The molecule has 2 rings (SSSR count). The fourth-order valence-electron chi connectivity index (χ4n) is 3.69. The first-order valence-electron chi connectivity index (χ1n) is 8.22. The molecule has 1 N–H and O–H groups in total. The predicted octanol–water partition coefficient (Wildman–Crippen LogP) is 2.32. The monoisotopic (exact) mass is 267 g/mol. The lowest BCUT2D eigenvalue weighted by molar-refractivity contribution is 0.0273. The molecule has 112 valence electrons. The van der Waals surface area contributed by atoms with Gasteiger partial charge in [-0.3, -0.25) is 0 Å². The molecular formula is C16H33N3. The van der Waals surface area contributed by atoms with E-state index in [1.807, 2.05) is 0 Å². The SMILES string of the molecule is CN(CCCC1CCCCN1)CC1(N(C)C)CCC1. The van der Waals surface area contributed by atoms with E-state index in [1.165, 1.54) is 71.0 Å². The molecule has 0 aromatic carbocycles. The Morgan fingerprint density at radius 1 is 1.11 bits per heavy atom. The molecule has 0 spiro atoms. The van der Waals surface area contributed by atoms with Gasteiger partial charge in [0, 0.05) is 18.1 Å². The van der Waals surface area contributed by atoms with Gasteiger partial charge in [-0.25, -0.2) is 0 Å². The van der Waals surface area contributed by atoms with Crippen LogP contribution in [0.15, 0.2) is 0 Å². The molecule has 0 bridgehead atoms. The van der Waals surface area contributed by atoms with Crippen molar-refractivity contribution in [3.05, 3.63) is 0 Å². The van der Waals surface area contributed by atoms with Gasteiger partial charge in [-0.1, -0.05) is 6.42 Å². The number of likely N-dealkylation sites (N-methyl/N-ethyl adjacent to an activating group) is 2. The maximum absolute atomic E-state index is 3.65. The van der Waals surface area contributed by atoms with E-state index in [9.17, 15) is 0 Å². The van der Waals surface area contributed by atoms with Crippen molar-refractivity contribution in [1.82, 2.24) is 15.1 Å². The number of hydrogen-bond donors (Lipinski definition) is 1. The van der Waals surface area contributed by atoms with Crippen molar-refractivity contribution in [2.75, 3.05) is 40.8 Å². The molecule has 19 heavy (non-hydrogen) atoms. The second-order valence-electron chi connectivity index (χ2n) is 7.00. The lowest BCUT2D eigenvalue weighted by Crippen LogP contribution is -2.56.